The lowest BCUT2D eigenvalue weighted by Crippen LogP contribution is -1.93. The van der Waals surface area contributed by atoms with Crippen LogP contribution in [-0.2, 0) is 0 Å². The van der Waals surface area contributed by atoms with Gasteiger partial charge in [-0.3, -0.25) is 0 Å². The number of halogens is 1. The van der Waals surface area contributed by atoms with E-state index >= 15 is 0 Å². The normalized spacial score (nSPS) is 10.3. The van der Waals surface area contributed by atoms with Gasteiger partial charge in [-0.05, 0) is 31.0 Å². The summed E-state index contributed by atoms with van der Waals surface area (Å²) in [4.78, 5) is 0. The number of rotatable bonds is 2. The molecule has 4 nitrogen and oxygen atoms in total. The van der Waals surface area contributed by atoms with E-state index in [2.05, 4.69) is 10.2 Å². The van der Waals surface area contributed by atoms with Gasteiger partial charge in [0.25, 0.3) is 5.88 Å². The molecule has 5 heteroatoms. The van der Waals surface area contributed by atoms with E-state index in [1.165, 1.54) is 6.07 Å². The van der Waals surface area contributed by atoms with Gasteiger partial charge >= 0.3 is 0 Å². The van der Waals surface area contributed by atoms with Gasteiger partial charge in [0.2, 0.25) is 0 Å². The molecule has 0 amide bonds. The van der Waals surface area contributed by atoms with Gasteiger partial charge in [0.15, 0.2) is 10.9 Å². The highest BCUT2D eigenvalue weighted by Gasteiger charge is 2.09. The molecule has 2 rings (SSSR count). The third-order valence-electron chi connectivity index (χ3n) is 2.26. The second-order valence-electron chi connectivity index (χ2n) is 3.73. The summed E-state index contributed by atoms with van der Waals surface area (Å²) in [6, 6.07) is 7.07. The van der Waals surface area contributed by atoms with Crippen LogP contribution in [0, 0.1) is 13.8 Å². The Bertz CT molecular complexity index is 558. The van der Waals surface area contributed by atoms with Crippen molar-refractivity contribution in [2.75, 3.05) is 0 Å². The second-order valence-corrected chi connectivity index (χ2v) is 4.12. The minimum Gasteiger partial charge on any atom is -0.503 e. The van der Waals surface area contributed by atoms with Crippen molar-refractivity contribution in [2.24, 2.45) is 0 Å². The SMILES string of the molecule is Cc1ccc(C)c(Oc2nnc(Cl)cc2O)c1. The fourth-order valence-electron chi connectivity index (χ4n) is 1.34. The summed E-state index contributed by atoms with van der Waals surface area (Å²) >= 11 is 5.59. The molecule has 0 aliphatic rings. The summed E-state index contributed by atoms with van der Waals surface area (Å²) in [5.74, 6) is 0.547. The largest absolute Gasteiger partial charge is 0.503 e. The van der Waals surface area contributed by atoms with E-state index in [-0.39, 0.29) is 16.8 Å². The first-order valence-electron chi connectivity index (χ1n) is 5.03. The van der Waals surface area contributed by atoms with Crippen molar-refractivity contribution in [3.63, 3.8) is 0 Å². The predicted octanol–water partition coefficient (Wildman–Crippen LogP) is 3.24. The van der Waals surface area contributed by atoms with Crippen LogP contribution in [0.1, 0.15) is 11.1 Å². The Hall–Kier alpha value is -1.81. The number of hydrogen-bond acceptors (Lipinski definition) is 4. The molecule has 88 valence electrons. The quantitative estimate of drug-likeness (QED) is 0.889. The summed E-state index contributed by atoms with van der Waals surface area (Å²) in [7, 11) is 0. The van der Waals surface area contributed by atoms with Gasteiger partial charge in [0.05, 0.1) is 0 Å². The zero-order valence-electron chi connectivity index (χ0n) is 9.44. The Kier molecular flexibility index (Phi) is 3.15. The third kappa shape index (κ3) is 2.65. The molecule has 0 saturated heterocycles. The molecule has 0 aliphatic heterocycles. The molecule has 0 aliphatic carbocycles. The fraction of sp³-hybridized carbons (Fsp3) is 0.167. The van der Waals surface area contributed by atoms with Crippen molar-refractivity contribution in [2.45, 2.75) is 13.8 Å². The molecule has 1 aromatic carbocycles. The van der Waals surface area contributed by atoms with Gasteiger partial charge in [-0.15, -0.1) is 10.2 Å². The summed E-state index contributed by atoms with van der Waals surface area (Å²) in [5.41, 5.74) is 2.01. The van der Waals surface area contributed by atoms with Crippen LogP contribution in [-0.4, -0.2) is 15.3 Å². The first-order valence-corrected chi connectivity index (χ1v) is 5.41. The minimum atomic E-state index is -0.133. The summed E-state index contributed by atoms with van der Waals surface area (Å²) in [6.07, 6.45) is 0. The summed E-state index contributed by atoms with van der Waals surface area (Å²) < 4.78 is 5.49. The summed E-state index contributed by atoms with van der Waals surface area (Å²) in [6.45, 7) is 3.87. The smallest absolute Gasteiger partial charge is 0.281 e. The van der Waals surface area contributed by atoms with E-state index in [4.69, 9.17) is 16.3 Å². The first-order chi connectivity index (χ1) is 8.06. The van der Waals surface area contributed by atoms with Crippen LogP contribution >= 0.6 is 11.6 Å². The fourth-order valence-corrected chi connectivity index (χ4v) is 1.48. The maximum atomic E-state index is 9.60. The van der Waals surface area contributed by atoms with Crippen molar-refractivity contribution < 1.29 is 9.84 Å². The van der Waals surface area contributed by atoms with Crippen molar-refractivity contribution >= 4 is 11.6 Å². The van der Waals surface area contributed by atoms with E-state index in [9.17, 15) is 5.11 Å². The lowest BCUT2D eigenvalue weighted by molar-refractivity contribution is 0.390. The van der Waals surface area contributed by atoms with Gasteiger partial charge < -0.3 is 9.84 Å². The molecule has 0 bridgehead atoms. The molecular weight excluding hydrogens is 240 g/mol. The number of ether oxygens (including phenoxy) is 1. The standard InChI is InChI=1S/C12H11ClN2O2/c1-7-3-4-8(2)10(5-7)17-12-9(16)6-11(13)14-15-12/h3-6H,1-2H3,(H,14,16). The van der Waals surface area contributed by atoms with Gasteiger partial charge in [-0.25, -0.2) is 0 Å². The lowest BCUT2D eigenvalue weighted by Gasteiger charge is -2.09. The van der Waals surface area contributed by atoms with Crippen molar-refractivity contribution in [3.05, 3.63) is 40.5 Å². The number of aromatic hydroxyl groups is 1. The van der Waals surface area contributed by atoms with Crippen LogP contribution < -0.4 is 4.74 Å². The van der Waals surface area contributed by atoms with Crippen LogP contribution in [0.5, 0.6) is 17.4 Å². The van der Waals surface area contributed by atoms with Gasteiger partial charge in [-0.1, -0.05) is 23.7 Å². The Morgan fingerprint density at radius 3 is 2.65 bits per heavy atom. The molecule has 1 heterocycles. The van der Waals surface area contributed by atoms with Crippen LogP contribution in [0.25, 0.3) is 0 Å². The number of nitrogens with zero attached hydrogens (tertiary/aromatic N) is 2. The van der Waals surface area contributed by atoms with Crippen LogP contribution in [0.3, 0.4) is 0 Å². The molecule has 0 spiro atoms. The van der Waals surface area contributed by atoms with E-state index in [0.717, 1.165) is 11.1 Å². The van der Waals surface area contributed by atoms with Gasteiger partial charge in [0, 0.05) is 6.07 Å². The number of hydrogen-bond donors (Lipinski definition) is 1. The molecule has 0 saturated carbocycles. The Labute approximate surface area is 104 Å². The van der Waals surface area contributed by atoms with E-state index < -0.39 is 0 Å². The molecule has 0 unspecified atom stereocenters. The molecule has 1 N–H and O–H groups in total. The highest BCUT2D eigenvalue weighted by atomic mass is 35.5. The van der Waals surface area contributed by atoms with Crippen molar-refractivity contribution in [3.8, 4) is 17.4 Å². The molecule has 2 aromatic rings. The second kappa shape index (κ2) is 4.59. The highest BCUT2D eigenvalue weighted by molar-refractivity contribution is 6.29. The summed E-state index contributed by atoms with van der Waals surface area (Å²) in [5, 5.41) is 17.0. The van der Waals surface area contributed by atoms with Gasteiger partial charge in [0.1, 0.15) is 5.75 Å². The van der Waals surface area contributed by atoms with Crippen LogP contribution in [0.15, 0.2) is 24.3 Å². The number of benzene rings is 1. The highest BCUT2D eigenvalue weighted by Crippen LogP contribution is 2.31. The van der Waals surface area contributed by atoms with Crippen molar-refractivity contribution in [1.82, 2.24) is 10.2 Å². The predicted molar refractivity (Wildman–Crippen MR) is 64.7 cm³/mol. The van der Waals surface area contributed by atoms with Crippen LogP contribution in [0.4, 0.5) is 0 Å². The average Bonchev–Trinajstić information content (AvgIpc) is 2.27. The lowest BCUT2D eigenvalue weighted by atomic mass is 10.1. The number of aryl methyl sites for hydroxylation is 2. The van der Waals surface area contributed by atoms with E-state index in [1.807, 2.05) is 32.0 Å². The molecule has 0 radical (unpaired) electrons. The Morgan fingerprint density at radius 1 is 1.18 bits per heavy atom. The molecular formula is C12H11ClN2O2. The molecule has 0 atom stereocenters. The molecule has 1 aromatic heterocycles. The van der Waals surface area contributed by atoms with Crippen LogP contribution in [0.2, 0.25) is 5.15 Å². The zero-order chi connectivity index (χ0) is 12.4. The average molecular weight is 251 g/mol. The molecule has 17 heavy (non-hydrogen) atoms. The van der Waals surface area contributed by atoms with Gasteiger partial charge in [-0.2, -0.15) is 0 Å². The zero-order valence-corrected chi connectivity index (χ0v) is 10.2. The van der Waals surface area contributed by atoms with Crippen molar-refractivity contribution in [1.29, 1.82) is 0 Å². The minimum absolute atomic E-state index is 0.0445. The monoisotopic (exact) mass is 250 g/mol. The van der Waals surface area contributed by atoms with E-state index in [0.29, 0.717) is 5.75 Å². The maximum Gasteiger partial charge on any atom is 0.281 e. The third-order valence-corrected chi connectivity index (χ3v) is 2.45. The maximum absolute atomic E-state index is 9.60. The number of aromatic nitrogens is 2. The first kappa shape index (κ1) is 11.7. The Balaban J connectivity index is 2.34. The topological polar surface area (TPSA) is 55.2 Å². The Morgan fingerprint density at radius 2 is 1.94 bits per heavy atom. The molecule has 0 fully saturated rings. The van der Waals surface area contributed by atoms with E-state index in [1.54, 1.807) is 0 Å².